The fraction of sp³-hybridized carbons (Fsp3) is 0.286. The molecule has 0 fully saturated rings. The van der Waals surface area contributed by atoms with E-state index < -0.39 is 0 Å². The Balaban J connectivity index is 1.43. The average molecular weight is 361 g/mol. The fourth-order valence-electron chi connectivity index (χ4n) is 3.60. The molecular formula is C21H23N5O. The van der Waals surface area contributed by atoms with Gasteiger partial charge in [-0.25, -0.2) is 14.5 Å². The summed E-state index contributed by atoms with van der Waals surface area (Å²) in [5.74, 6) is 0. The molecule has 0 radical (unpaired) electrons. The third-order valence-electron chi connectivity index (χ3n) is 5.39. The molecule has 0 saturated carbocycles. The maximum absolute atomic E-state index is 12.8. The zero-order valence-electron chi connectivity index (χ0n) is 15.5. The summed E-state index contributed by atoms with van der Waals surface area (Å²) in [6.07, 6.45) is 5.15. The van der Waals surface area contributed by atoms with Gasteiger partial charge in [-0.05, 0) is 48.6 Å². The molecule has 1 aliphatic carbocycles. The van der Waals surface area contributed by atoms with E-state index in [1.807, 2.05) is 44.3 Å². The van der Waals surface area contributed by atoms with Crippen LogP contribution in [0, 0.1) is 0 Å². The lowest BCUT2D eigenvalue weighted by Crippen LogP contribution is -2.40. The number of urea groups is 1. The Bertz CT molecular complexity index is 920. The maximum atomic E-state index is 12.8. The number of hydrogen-bond donors (Lipinski definition) is 1. The lowest BCUT2D eigenvalue weighted by molar-refractivity contribution is 0.190. The quantitative estimate of drug-likeness (QED) is 0.771. The van der Waals surface area contributed by atoms with Crippen molar-refractivity contribution in [3.63, 3.8) is 0 Å². The van der Waals surface area contributed by atoms with Gasteiger partial charge in [0.1, 0.15) is 12.7 Å². The highest BCUT2D eigenvalue weighted by molar-refractivity contribution is 5.75. The molecule has 1 aromatic heterocycles. The first kappa shape index (κ1) is 17.3. The monoisotopic (exact) mass is 361 g/mol. The van der Waals surface area contributed by atoms with E-state index in [1.165, 1.54) is 17.5 Å². The number of nitrogens with one attached hydrogen (secondary N) is 1. The molecule has 2 unspecified atom stereocenters. The topological polar surface area (TPSA) is 63.1 Å². The number of carbonyl (C=O) groups excluding carboxylic acids is 1. The van der Waals surface area contributed by atoms with E-state index in [1.54, 1.807) is 15.9 Å². The summed E-state index contributed by atoms with van der Waals surface area (Å²) in [6.45, 7) is 2.03. The van der Waals surface area contributed by atoms with Crippen LogP contribution in [-0.4, -0.2) is 32.7 Å². The highest BCUT2D eigenvalue weighted by Gasteiger charge is 2.26. The largest absolute Gasteiger partial charge is 0.331 e. The first-order chi connectivity index (χ1) is 13.1. The third kappa shape index (κ3) is 3.43. The standard InChI is InChI=1S/C21H23N5O/c1-15(16-7-10-18(11-8-16)26-14-22-13-23-26)25(2)21(27)24-20-12-9-17-5-3-4-6-19(17)20/h3-8,10-11,13-15,20H,9,12H2,1-2H3,(H,24,27). The van der Waals surface area contributed by atoms with Gasteiger partial charge in [-0.15, -0.1) is 0 Å². The number of amides is 2. The maximum Gasteiger partial charge on any atom is 0.318 e. The minimum absolute atomic E-state index is 0.0357. The molecule has 1 aliphatic rings. The fourth-order valence-corrected chi connectivity index (χ4v) is 3.60. The Morgan fingerprint density at radius 2 is 2.00 bits per heavy atom. The second-order valence-electron chi connectivity index (χ2n) is 6.96. The summed E-state index contributed by atoms with van der Waals surface area (Å²) in [6, 6.07) is 16.4. The Hall–Kier alpha value is -3.15. The summed E-state index contributed by atoms with van der Waals surface area (Å²) in [5, 5.41) is 7.32. The number of benzene rings is 2. The number of rotatable bonds is 4. The van der Waals surface area contributed by atoms with Crippen molar-refractivity contribution in [2.45, 2.75) is 31.8 Å². The molecule has 0 saturated heterocycles. The van der Waals surface area contributed by atoms with Crippen molar-refractivity contribution in [1.82, 2.24) is 25.0 Å². The Morgan fingerprint density at radius 1 is 1.22 bits per heavy atom. The summed E-state index contributed by atoms with van der Waals surface area (Å²) in [4.78, 5) is 18.5. The van der Waals surface area contributed by atoms with E-state index >= 15 is 0 Å². The van der Waals surface area contributed by atoms with E-state index in [9.17, 15) is 4.79 Å². The van der Waals surface area contributed by atoms with Crippen LogP contribution < -0.4 is 5.32 Å². The molecule has 0 bridgehead atoms. The first-order valence-electron chi connectivity index (χ1n) is 9.19. The zero-order chi connectivity index (χ0) is 18.8. The minimum Gasteiger partial charge on any atom is -0.331 e. The van der Waals surface area contributed by atoms with Gasteiger partial charge in [-0.2, -0.15) is 5.10 Å². The van der Waals surface area contributed by atoms with Crippen LogP contribution in [0.2, 0.25) is 0 Å². The molecular weight excluding hydrogens is 338 g/mol. The molecule has 27 heavy (non-hydrogen) atoms. The number of carbonyl (C=O) groups is 1. The van der Waals surface area contributed by atoms with Gasteiger partial charge in [0.05, 0.1) is 17.8 Å². The smallest absolute Gasteiger partial charge is 0.318 e. The molecule has 4 rings (SSSR count). The van der Waals surface area contributed by atoms with Crippen molar-refractivity contribution in [1.29, 1.82) is 0 Å². The van der Waals surface area contributed by atoms with Crippen LogP contribution >= 0.6 is 0 Å². The van der Waals surface area contributed by atoms with Gasteiger partial charge in [0.15, 0.2) is 0 Å². The van der Waals surface area contributed by atoms with E-state index in [0.717, 1.165) is 24.1 Å². The molecule has 6 nitrogen and oxygen atoms in total. The minimum atomic E-state index is -0.0513. The number of aryl methyl sites for hydroxylation is 1. The van der Waals surface area contributed by atoms with Crippen molar-refractivity contribution in [2.75, 3.05) is 7.05 Å². The molecule has 2 atom stereocenters. The predicted octanol–water partition coefficient (Wildman–Crippen LogP) is 3.66. The Morgan fingerprint density at radius 3 is 2.74 bits per heavy atom. The molecule has 138 valence electrons. The lowest BCUT2D eigenvalue weighted by Gasteiger charge is -2.27. The molecule has 0 aliphatic heterocycles. The van der Waals surface area contributed by atoms with Crippen molar-refractivity contribution in [2.24, 2.45) is 0 Å². The molecule has 0 spiro atoms. The van der Waals surface area contributed by atoms with Crippen LogP contribution in [0.1, 0.15) is 42.1 Å². The van der Waals surface area contributed by atoms with Crippen LogP contribution in [0.4, 0.5) is 4.79 Å². The summed E-state index contributed by atoms with van der Waals surface area (Å²) >= 11 is 0. The van der Waals surface area contributed by atoms with Gasteiger partial charge >= 0.3 is 6.03 Å². The van der Waals surface area contributed by atoms with Gasteiger partial charge < -0.3 is 10.2 Å². The number of nitrogens with zero attached hydrogens (tertiary/aromatic N) is 4. The first-order valence-corrected chi connectivity index (χ1v) is 9.19. The molecule has 2 aromatic carbocycles. The highest BCUT2D eigenvalue weighted by atomic mass is 16.2. The molecule has 6 heteroatoms. The van der Waals surface area contributed by atoms with Crippen LogP contribution in [0.3, 0.4) is 0 Å². The van der Waals surface area contributed by atoms with Crippen molar-refractivity contribution in [3.05, 3.63) is 77.9 Å². The number of fused-ring (bicyclic) bond motifs is 1. The molecule has 3 aromatic rings. The van der Waals surface area contributed by atoms with Crippen molar-refractivity contribution < 1.29 is 4.79 Å². The summed E-state index contributed by atoms with van der Waals surface area (Å²) in [5.41, 5.74) is 4.59. The third-order valence-corrected chi connectivity index (χ3v) is 5.39. The van der Waals surface area contributed by atoms with Gasteiger partial charge in [0.2, 0.25) is 0 Å². The zero-order valence-corrected chi connectivity index (χ0v) is 15.5. The average Bonchev–Trinajstić information content (AvgIpc) is 3.38. The van der Waals surface area contributed by atoms with Gasteiger partial charge in [-0.3, -0.25) is 0 Å². The van der Waals surface area contributed by atoms with Crippen LogP contribution in [0.15, 0.2) is 61.2 Å². The Kier molecular flexibility index (Phi) is 4.62. The molecule has 1 heterocycles. The van der Waals surface area contributed by atoms with Crippen molar-refractivity contribution in [3.8, 4) is 5.69 Å². The second kappa shape index (κ2) is 7.23. The molecule has 1 N–H and O–H groups in total. The second-order valence-corrected chi connectivity index (χ2v) is 6.96. The number of aromatic nitrogens is 3. The number of hydrogen-bond acceptors (Lipinski definition) is 3. The lowest BCUT2D eigenvalue weighted by atomic mass is 10.1. The van der Waals surface area contributed by atoms with Gasteiger partial charge in [-0.1, -0.05) is 36.4 Å². The summed E-state index contributed by atoms with van der Waals surface area (Å²) < 4.78 is 1.71. The van der Waals surface area contributed by atoms with Crippen LogP contribution in [-0.2, 0) is 6.42 Å². The van der Waals surface area contributed by atoms with E-state index in [2.05, 4.69) is 33.6 Å². The van der Waals surface area contributed by atoms with Crippen molar-refractivity contribution >= 4 is 6.03 Å². The predicted molar refractivity (Wildman–Crippen MR) is 104 cm³/mol. The van der Waals surface area contributed by atoms with Crippen LogP contribution in [0.25, 0.3) is 5.69 Å². The summed E-state index contributed by atoms with van der Waals surface area (Å²) in [7, 11) is 1.84. The molecule has 2 amide bonds. The Labute approximate surface area is 158 Å². The van der Waals surface area contributed by atoms with Gasteiger partial charge in [0.25, 0.3) is 0 Å². The SMILES string of the molecule is CC(c1ccc(-n2cncn2)cc1)N(C)C(=O)NC1CCc2ccccc21. The highest BCUT2D eigenvalue weighted by Crippen LogP contribution is 2.31. The van der Waals surface area contributed by atoms with E-state index in [-0.39, 0.29) is 18.1 Å². The normalized spacial score (nSPS) is 16.6. The van der Waals surface area contributed by atoms with Gasteiger partial charge in [0, 0.05) is 7.05 Å². The van der Waals surface area contributed by atoms with E-state index in [4.69, 9.17) is 0 Å². The van der Waals surface area contributed by atoms with Crippen LogP contribution in [0.5, 0.6) is 0 Å². The van der Waals surface area contributed by atoms with E-state index in [0.29, 0.717) is 0 Å².